The van der Waals surface area contributed by atoms with E-state index < -0.39 is 0 Å². The smallest absolute Gasteiger partial charge is 0.106 e. The lowest BCUT2D eigenvalue weighted by Crippen LogP contribution is -2.52. The monoisotopic (exact) mass is 368 g/mol. The van der Waals surface area contributed by atoms with E-state index in [0.29, 0.717) is 6.61 Å². The molecular weight excluding hydrogens is 348 g/mol. The SMILES string of the molecule is COCC1CC2(CC(c3cn(C)nn3)N1)OCCc1cc(Cl)sc12. The van der Waals surface area contributed by atoms with Gasteiger partial charge in [-0.15, -0.1) is 16.4 Å². The number of hydrogen-bond donors (Lipinski definition) is 1. The maximum atomic E-state index is 6.38. The Morgan fingerprint density at radius 3 is 3.17 bits per heavy atom. The Balaban J connectivity index is 1.71. The molecule has 2 aliphatic rings. The van der Waals surface area contributed by atoms with Crippen molar-refractivity contribution in [2.24, 2.45) is 7.05 Å². The predicted octanol–water partition coefficient (Wildman–Crippen LogP) is 2.44. The first-order chi connectivity index (χ1) is 11.6. The fraction of sp³-hybridized carbons (Fsp3) is 0.625. The highest BCUT2D eigenvalue weighted by Gasteiger charge is 2.47. The van der Waals surface area contributed by atoms with Crippen molar-refractivity contribution < 1.29 is 9.47 Å². The standard InChI is InChI=1S/C16H21ClN4O2S/c1-21-8-13(19-20-21)12-7-16(6-11(18-12)9-22-2)15-10(3-4-23-16)5-14(17)24-15/h5,8,11-12,18H,3-4,6-7,9H2,1-2H3. The van der Waals surface area contributed by atoms with Gasteiger partial charge >= 0.3 is 0 Å². The fourth-order valence-corrected chi connectivity index (χ4v) is 5.39. The quantitative estimate of drug-likeness (QED) is 0.901. The van der Waals surface area contributed by atoms with Crippen LogP contribution in [0.5, 0.6) is 0 Å². The number of ether oxygens (including phenoxy) is 2. The molecule has 4 rings (SSSR count). The van der Waals surface area contributed by atoms with Gasteiger partial charge in [-0.05, 0) is 24.5 Å². The number of thiophene rings is 1. The topological polar surface area (TPSA) is 61.2 Å². The highest BCUT2D eigenvalue weighted by atomic mass is 35.5. The second kappa shape index (κ2) is 6.38. The maximum Gasteiger partial charge on any atom is 0.106 e. The second-order valence-electron chi connectivity index (χ2n) is 6.59. The molecule has 3 atom stereocenters. The molecule has 4 heterocycles. The number of hydrogen-bond acceptors (Lipinski definition) is 6. The first-order valence-corrected chi connectivity index (χ1v) is 9.33. The van der Waals surface area contributed by atoms with Crippen molar-refractivity contribution in [3.05, 3.63) is 32.7 Å². The largest absolute Gasteiger partial charge is 0.383 e. The van der Waals surface area contributed by atoms with E-state index in [1.165, 1.54) is 10.4 Å². The third-order valence-electron chi connectivity index (χ3n) is 4.83. The lowest BCUT2D eigenvalue weighted by Gasteiger charge is -2.46. The second-order valence-corrected chi connectivity index (χ2v) is 8.28. The van der Waals surface area contributed by atoms with Crippen LogP contribution in [0.15, 0.2) is 12.3 Å². The van der Waals surface area contributed by atoms with E-state index in [-0.39, 0.29) is 17.7 Å². The first kappa shape index (κ1) is 16.5. The maximum absolute atomic E-state index is 6.38. The van der Waals surface area contributed by atoms with Gasteiger partial charge in [0.25, 0.3) is 0 Å². The van der Waals surface area contributed by atoms with Crippen LogP contribution in [0.3, 0.4) is 0 Å². The minimum absolute atomic E-state index is 0.0828. The Morgan fingerprint density at radius 2 is 2.42 bits per heavy atom. The summed E-state index contributed by atoms with van der Waals surface area (Å²) in [5, 5.41) is 12.0. The van der Waals surface area contributed by atoms with Gasteiger partial charge in [0.15, 0.2) is 0 Å². The number of nitrogens with zero attached hydrogens (tertiary/aromatic N) is 3. The summed E-state index contributed by atoms with van der Waals surface area (Å²) >= 11 is 7.95. The highest BCUT2D eigenvalue weighted by Crippen LogP contribution is 2.49. The third-order valence-corrected chi connectivity index (χ3v) is 6.33. The number of nitrogens with one attached hydrogen (secondary N) is 1. The first-order valence-electron chi connectivity index (χ1n) is 8.13. The molecule has 24 heavy (non-hydrogen) atoms. The van der Waals surface area contributed by atoms with E-state index in [1.807, 2.05) is 13.2 Å². The minimum atomic E-state index is -0.317. The number of rotatable bonds is 3. The summed E-state index contributed by atoms with van der Waals surface area (Å²) < 4.78 is 14.4. The summed E-state index contributed by atoms with van der Waals surface area (Å²) in [4.78, 5) is 1.27. The molecule has 0 aromatic carbocycles. The summed E-state index contributed by atoms with van der Waals surface area (Å²) in [6, 6.07) is 2.37. The molecule has 1 saturated heterocycles. The Labute approximate surface area is 150 Å². The van der Waals surface area contributed by atoms with Gasteiger partial charge in [0, 0.05) is 37.7 Å². The van der Waals surface area contributed by atoms with E-state index in [1.54, 1.807) is 23.1 Å². The molecule has 6 nitrogen and oxygen atoms in total. The summed E-state index contributed by atoms with van der Waals surface area (Å²) in [6.45, 7) is 1.36. The van der Waals surface area contributed by atoms with Gasteiger partial charge in [-0.1, -0.05) is 16.8 Å². The van der Waals surface area contributed by atoms with Crippen LogP contribution >= 0.6 is 22.9 Å². The van der Waals surface area contributed by atoms with Crippen LogP contribution in [-0.2, 0) is 28.5 Å². The fourth-order valence-electron chi connectivity index (χ4n) is 3.93. The molecule has 2 aliphatic heterocycles. The zero-order valence-corrected chi connectivity index (χ0v) is 15.4. The van der Waals surface area contributed by atoms with Crippen LogP contribution in [0.2, 0.25) is 4.34 Å². The van der Waals surface area contributed by atoms with Crippen molar-refractivity contribution in [2.75, 3.05) is 20.3 Å². The van der Waals surface area contributed by atoms with Crippen molar-refractivity contribution in [2.45, 2.75) is 36.9 Å². The Kier molecular flexibility index (Phi) is 4.38. The molecule has 1 fully saturated rings. The Morgan fingerprint density at radius 1 is 1.54 bits per heavy atom. The van der Waals surface area contributed by atoms with Crippen molar-refractivity contribution >= 4 is 22.9 Å². The van der Waals surface area contributed by atoms with Gasteiger partial charge in [0.05, 0.1) is 29.3 Å². The number of fused-ring (bicyclic) bond motifs is 2. The normalized spacial score (nSPS) is 29.8. The van der Waals surface area contributed by atoms with E-state index in [4.69, 9.17) is 21.1 Å². The number of halogens is 1. The molecule has 0 aliphatic carbocycles. The molecule has 0 radical (unpaired) electrons. The molecule has 1 N–H and O–H groups in total. The number of methoxy groups -OCH3 is 1. The molecule has 2 aromatic rings. The van der Waals surface area contributed by atoms with Crippen LogP contribution < -0.4 is 5.32 Å². The van der Waals surface area contributed by atoms with Crippen molar-refractivity contribution in [1.82, 2.24) is 20.3 Å². The van der Waals surface area contributed by atoms with Gasteiger partial charge in [-0.2, -0.15) is 0 Å². The van der Waals surface area contributed by atoms with Crippen LogP contribution in [0.4, 0.5) is 0 Å². The number of piperidine rings is 1. The summed E-state index contributed by atoms with van der Waals surface area (Å²) in [5.74, 6) is 0. The van der Waals surface area contributed by atoms with E-state index in [0.717, 1.165) is 35.9 Å². The molecule has 130 valence electrons. The molecule has 0 saturated carbocycles. The zero-order valence-electron chi connectivity index (χ0n) is 13.8. The predicted molar refractivity (Wildman–Crippen MR) is 92.4 cm³/mol. The molecule has 2 aromatic heterocycles. The molecule has 8 heteroatoms. The minimum Gasteiger partial charge on any atom is -0.383 e. The molecule has 0 amide bonds. The molecular formula is C16H21ClN4O2S. The molecule has 0 bridgehead atoms. The van der Waals surface area contributed by atoms with E-state index >= 15 is 0 Å². The number of aryl methyl sites for hydroxylation is 1. The van der Waals surface area contributed by atoms with Gasteiger partial charge < -0.3 is 14.8 Å². The van der Waals surface area contributed by atoms with Gasteiger partial charge in [0.2, 0.25) is 0 Å². The van der Waals surface area contributed by atoms with Crippen LogP contribution in [-0.4, -0.2) is 41.4 Å². The molecule has 3 unspecified atom stereocenters. The third kappa shape index (κ3) is 2.88. The Bertz CT molecular complexity index is 733. The average molecular weight is 369 g/mol. The Hall–Kier alpha value is -0.990. The summed E-state index contributed by atoms with van der Waals surface area (Å²) in [5.41, 5.74) is 1.95. The average Bonchev–Trinajstić information content (AvgIpc) is 3.14. The lowest BCUT2D eigenvalue weighted by molar-refractivity contribution is -0.102. The summed E-state index contributed by atoms with van der Waals surface area (Å²) in [6.07, 6.45) is 4.60. The highest BCUT2D eigenvalue weighted by molar-refractivity contribution is 7.16. The van der Waals surface area contributed by atoms with E-state index in [9.17, 15) is 0 Å². The molecule has 1 spiro atoms. The van der Waals surface area contributed by atoms with Gasteiger partial charge in [-0.3, -0.25) is 4.68 Å². The number of aromatic nitrogens is 3. The lowest BCUT2D eigenvalue weighted by atomic mass is 9.79. The van der Waals surface area contributed by atoms with Crippen molar-refractivity contribution in [1.29, 1.82) is 0 Å². The van der Waals surface area contributed by atoms with Crippen LogP contribution in [0, 0.1) is 0 Å². The van der Waals surface area contributed by atoms with E-state index in [2.05, 4.69) is 21.7 Å². The zero-order chi connectivity index (χ0) is 16.7. The van der Waals surface area contributed by atoms with Crippen LogP contribution in [0.25, 0.3) is 0 Å². The van der Waals surface area contributed by atoms with Crippen LogP contribution in [0.1, 0.15) is 35.0 Å². The summed E-state index contributed by atoms with van der Waals surface area (Å²) in [7, 11) is 3.62. The van der Waals surface area contributed by atoms with Crippen molar-refractivity contribution in [3.63, 3.8) is 0 Å². The van der Waals surface area contributed by atoms with Gasteiger partial charge in [0.1, 0.15) is 5.60 Å². The van der Waals surface area contributed by atoms with Gasteiger partial charge in [-0.25, -0.2) is 0 Å². The van der Waals surface area contributed by atoms with Crippen molar-refractivity contribution in [3.8, 4) is 0 Å².